The van der Waals surface area contributed by atoms with Gasteiger partial charge in [0.2, 0.25) is 0 Å². The summed E-state index contributed by atoms with van der Waals surface area (Å²) < 4.78 is 26.2. The summed E-state index contributed by atoms with van der Waals surface area (Å²) in [4.78, 5) is 11.0. The van der Waals surface area contributed by atoms with E-state index in [-0.39, 0.29) is 10.6 Å². The number of rotatable bonds is 5. The number of aryl methyl sites for hydroxylation is 1. The largest absolute Gasteiger partial charge is 0.548 e. The molecule has 0 amide bonds. The minimum absolute atomic E-state index is 0.00405. The number of hydrogen-bond acceptors (Lipinski definition) is 4. The van der Waals surface area contributed by atoms with Crippen LogP contribution in [0, 0.1) is 6.92 Å². The third kappa shape index (κ3) is 3.40. The van der Waals surface area contributed by atoms with Crippen molar-refractivity contribution in [2.24, 2.45) is 0 Å². The summed E-state index contributed by atoms with van der Waals surface area (Å²) in [6, 6.07) is 12.2. The van der Waals surface area contributed by atoms with Crippen molar-refractivity contribution < 1.29 is 18.3 Å². The van der Waals surface area contributed by atoms with Gasteiger partial charge in [0.1, 0.15) is 0 Å². The number of hydrogen-bond donors (Lipinski definition) is 0. The third-order valence-electron chi connectivity index (χ3n) is 3.04. The fourth-order valence-corrected chi connectivity index (χ4v) is 3.64. The van der Waals surface area contributed by atoms with E-state index in [1.54, 1.807) is 37.3 Å². The molecular formula is C15H13ClNO4S-. The van der Waals surface area contributed by atoms with E-state index < -0.39 is 22.5 Å². The van der Waals surface area contributed by atoms with Crippen molar-refractivity contribution in [3.05, 3.63) is 59.1 Å². The van der Waals surface area contributed by atoms with Crippen LogP contribution in [-0.4, -0.2) is 20.9 Å². The van der Waals surface area contributed by atoms with Crippen molar-refractivity contribution in [2.45, 2.75) is 11.8 Å². The van der Waals surface area contributed by atoms with Crippen LogP contribution >= 0.6 is 11.6 Å². The summed E-state index contributed by atoms with van der Waals surface area (Å²) in [7, 11) is -4.03. The van der Waals surface area contributed by atoms with Crippen LogP contribution in [-0.2, 0) is 14.8 Å². The van der Waals surface area contributed by atoms with Crippen LogP contribution in [0.3, 0.4) is 0 Å². The van der Waals surface area contributed by atoms with Gasteiger partial charge in [0, 0.05) is 5.02 Å². The van der Waals surface area contributed by atoms with Crippen molar-refractivity contribution in [1.82, 2.24) is 0 Å². The van der Waals surface area contributed by atoms with Crippen LogP contribution in [0.5, 0.6) is 0 Å². The summed E-state index contributed by atoms with van der Waals surface area (Å²) in [5.41, 5.74) is 0.797. The number of benzene rings is 2. The number of carboxylic acid groups (broad SMARTS) is 1. The number of sulfonamides is 1. The number of carbonyl (C=O) groups excluding carboxylic acids is 1. The van der Waals surface area contributed by atoms with Gasteiger partial charge in [-0.15, -0.1) is 0 Å². The lowest BCUT2D eigenvalue weighted by Crippen LogP contribution is -2.42. The van der Waals surface area contributed by atoms with Gasteiger partial charge in [-0.25, -0.2) is 8.42 Å². The highest BCUT2D eigenvalue weighted by molar-refractivity contribution is 7.92. The molecule has 5 nitrogen and oxygen atoms in total. The van der Waals surface area contributed by atoms with E-state index in [4.69, 9.17) is 11.6 Å². The molecule has 2 aromatic rings. The lowest BCUT2D eigenvalue weighted by molar-refractivity contribution is -0.303. The fraction of sp³-hybridized carbons (Fsp3) is 0.133. The van der Waals surface area contributed by atoms with Gasteiger partial charge in [-0.2, -0.15) is 0 Å². The van der Waals surface area contributed by atoms with Crippen molar-refractivity contribution in [2.75, 3.05) is 10.8 Å². The summed E-state index contributed by atoms with van der Waals surface area (Å²) >= 11 is 5.91. The molecular weight excluding hydrogens is 326 g/mol. The van der Waals surface area contributed by atoms with Gasteiger partial charge in [0.15, 0.2) is 0 Å². The normalized spacial score (nSPS) is 11.2. The van der Waals surface area contributed by atoms with E-state index in [1.165, 1.54) is 18.2 Å². The number of halogens is 1. The molecule has 0 saturated heterocycles. The van der Waals surface area contributed by atoms with Crippen LogP contribution < -0.4 is 9.41 Å². The molecule has 22 heavy (non-hydrogen) atoms. The molecule has 0 aliphatic heterocycles. The Morgan fingerprint density at radius 3 is 2.41 bits per heavy atom. The summed E-state index contributed by atoms with van der Waals surface area (Å²) in [6.07, 6.45) is 0. The second-order valence-electron chi connectivity index (χ2n) is 4.63. The SMILES string of the molecule is Cc1ccc(Cl)cc1N(CC(=O)[O-])S(=O)(=O)c1ccccc1. The summed E-state index contributed by atoms with van der Waals surface area (Å²) in [5.74, 6) is -1.50. The Morgan fingerprint density at radius 1 is 1.18 bits per heavy atom. The molecule has 0 unspecified atom stereocenters. The Bertz CT molecular complexity index is 790. The maximum atomic E-state index is 12.7. The number of aliphatic carboxylic acids is 1. The van der Waals surface area contributed by atoms with Crippen molar-refractivity contribution >= 4 is 33.3 Å². The molecule has 0 N–H and O–H groups in total. The van der Waals surface area contributed by atoms with E-state index in [1.807, 2.05) is 0 Å². The Labute approximate surface area is 133 Å². The van der Waals surface area contributed by atoms with Gasteiger partial charge in [-0.05, 0) is 36.8 Å². The average molecular weight is 339 g/mol. The third-order valence-corrected chi connectivity index (χ3v) is 5.05. The highest BCUT2D eigenvalue weighted by Gasteiger charge is 2.26. The first-order valence-corrected chi connectivity index (χ1v) is 8.18. The zero-order chi connectivity index (χ0) is 16.3. The molecule has 0 aliphatic carbocycles. The molecule has 116 valence electrons. The van der Waals surface area contributed by atoms with Crippen LogP contribution in [0.25, 0.3) is 0 Å². The molecule has 0 spiro atoms. The van der Waals surface area contributed by atoms with E-state index >= 15 is 0 Å². The molecule has 2 rings (SSSR count). The average Bonchev–Trinajstić information content (AvgIpc) is 2.48. The van der Waals surface area contributed by atoms with E-state index in [2.05, 4.69) is 0 Å². The molecule has 7 heteroatoms. The summed E-state index contributed by atoms with van der Waals surface area (Å²) in [5, 5.41) is 11.3. The topological polar surface area (TPSA) is 77.5 Å². The van der Waals surface area contributed by atoms with Crippen molar-refractivity contribution in [3.8, 4) is 0 Å². The number of carboxylic acids is 1. The van der Waals surface area contributed by atoms with E-state index in [0.29, 0.717) is 10.6 Å². The number of anilines is 1. The zero-order valence-electron chi connectivity index (χ0n) is 11.7. The highest BCUT2D eigenvalue weighted by atomic mass is 35.5. The maximum absolute atomic E-state index is 12.7. The number of nitrogens with zero attached hydrogens (tertiary/aromatic N) is 1. The highest BCUT2D eigenvalue weighted by Crippen LogP contribution is 2.29. The minimum atomic E-state index is -4.03. The standard InChI is InChI=1S/C15H14ClNO4S/c1-11-7-8-12(16)9-14(11)17(10-15(18)19)22(20,21)13-5-3-2-4-6-13/h2-9H,10H2,1H3,(H,18,19)/p-1. The van der Waals surface area contributed by atoms with Gasteiger partial charge in [0.25, 0.3) is 10.0 Å². The molecule has 0 aromatic heterocycles. The van der Waals surface area contributed by atoms with E-state index in [0.717, 1.165) is 4.31 Å². The minimum Gasteiger partial charge on any atom is -0.548 e. The molecule has 0 heterocycles. The smallest absolute Gasteiger partial charge is 0.264 e. The molecule has 0 fully saturated rings. The van der Waals surface area contributed by atoms with Crippen molar-refractivity contribution in [1.29, 1.82) is 0 Å². The van der Waals surface area contributed by atoms with Gasteiger partial charge in [-0.3, -0.25) is 4.31 Å². The monoisotopic (exact) mass is 338 g/mol. The van der Waals surface area contributed by atoms with Crippen LogP contribution in [0.4, 0.5) is 5.69 Å². The van der Waals surface area contributed by atoms with Crippen LogP contribution in [0.2, 0.25) is 5.02 Å². The molecule has 0 atom stereocenters. The second kappa shape index (κ2) is 6.37. The Hall–Kier alpha value is -2.05. The van der Waals surface area contributed by atoms with Crippen molar-refractivity contribution in [3.63, 3.8) is 0 Å². The van der Waals surface area contributed by atoms with Gasteiger partial charge < -0.3 is 9.90 Å². The van der Waals surface area contributed by atoms with Crippen LogP contribution in [0.1, 0.15) is 5.56 Å². The molecule has 2 aromatic carbocycles. The van der Waals surface area contributed by atoms with Crippen LogP contribution in [0.15, 0.2) is 53.4 Å². The molecule has 0 bridgehead atoms. The summed E-state index contributed by atoms with van der Waals surface area (Å²) in [6.45, 7) is 0.882. The lowest BCUT2D eigenvalue weighted by Gasteiger charge is -2.26. The first-order valence-electron chi connectivity index (χ1n) is 6.36. The quantitative estimate of drug-likeness (QED) is 0.829. The Morgan fingerprint density at radius 2 is 1.82 bits per heavy atom. The zero-order valence-corrected chi connectivity index (χ0v) is 13.3. The predicted octanol–water partition coefficient (Wildman–Crippen LogP) is 1.59. The number of carbonyl (C=O) groups is 1. The molecule has 0 radical (unpaired) electrons. The van der Waals surface area contributed by atoms with E-state index in [9.17, 15) is 18.3 Å². The maximum Gasteiger partial charge on any atom is 0.264 e. The lowest BCUT2D eigenvalue weighted by atomic mass is 10.2. The van der Waals surface area contributed by atoms with Gasteiger partial charge in [0.05, 0.1) is 23.1 Å². The Kier molecular flexibility index (Phi) is 4.73. The predicted molar refractivity (Wildman–Crippen MR) is 82.2 cm³/mol. The molecule has 0 saturated carbocycles. The Balaban J connectivity index is 2.60. The van der Waals surface area contributed by atoms with Gasteiger partial charge in [-0.1, -0.05) is 35.9 Å². The first-order chi connectivity index (χ1) is 10.3. The first kappa shape index (κ1) is 16.3. The molecule has 0 aliphatic rings. The fourth-order valence-electron chi connectivity index (χ4n) is 1.99. The second-order valence-corrected chi connectivity index (χ2v) is 6.93. The van der Waals surface area contributed by atoms with Gasteiger partial charge >= 0.3 is 0 Å².